The Bertz CT molecular complexity index is 866. The molecule has 0 aliphatic carbocycles. The first-order chi connectivity index (χ1) is 10.1. The Morgan fingerprint density at radius 3 is 2.90 bits per heavy atom. The summed E-state index contributed by atoms with van der Waals surface area (Å²) in [6.07, 6.45) is 0.481. The van der Waals surface area contributed by atoms with Crippen molar-refractivity contribution in [3.63, 3.8) is 0 Å². The van der Waals surface area contributed by atoms with E-state index >= 15 is 0 Å². The Kier molecular flexibility index (Phi) is 3.31. The summed E-state index contributed by atoms with van der Waals surface area (Å²) in [5.74, 6) is -0.327. The molecule has 108 valence electrons. The maximum Gasteiger partial charge on any atom is 0.276 e. The van der Waals surface area contributed by atoms with Crippen molar-refractivity contribution in [2.45, 2.75) is 13.3 Å². The number of nitrogens with zero attached hydrogens (tertiary/aromatic N) is 2. The fourth-order valence-electron chi connectivity index (χ4n) is 2.41. The molecule has 0 aliphatic rings. The van der Waals surface area contributed by atoms with Gasteiger partial charge in [-0.25, -0.2) is 13.9 Å². The first-order valence-electron chi connectivity index (χ1n) is 6.67. The first-order valence-corrected chi connectivity index (χ1v) is 6.67. The third kappa shape index (κ3) is 2.34. The Balaban J connectivity index is 2.21. The van der Waals surface area contributed by atoms with Gasteiger partial charge in [0.1, 0.15) is 5.82 Å². The van der Waals surface area contributed by atoms with Crippen LogP contribution in [0.15, 0.2) is 35.1 Å². The lowest BCUT2D eigenvalue weighted by molar-refractivity contribution is 0.628. The summed E-state index contributed by atoms with van der Waals surface area (Å²) in [6.45, 7) is 2.18. The van der Waals surface area contributed by atoms with E-state index < -0.39 is 0 Å². The van der Waals surface area contributed by atoms with Crippen molar-refractivity contribution in [1.82, 2.24) is 14.6 Å². The molecule has 3 rings (SSSR count). The predicted octanol–water partition coefficient (Wildman–Crippen LogP) is 1.64. The van der Waals surface area contributed by atoms with E-state index in [4.69, 9.17) is 5.73 Å². The number of fused-ring (bicyclic) bond motifs is 1. The van der Waals surface area contributed by atoms with Crippen LogP contribution in [0.5, 0.6) is 0 Å². The molecule has 0 spiro atoms. The van der Waals surface area contributed by atoms with Gasteiger partial charge in [0, 0.05) is 22.9 Å². The standard InChI is InChI=1S/C15H15FN4O/c1-9-12(5-6-17)15(21)20-14(18-9)8-13(19-20)10-3-2-4-11(16)7-10/h2-4,7-8,19H,5-6,17H2,1H3. The number of aryl methyl sites for hydroxylation is 1. The van der Waals surface area contributed by atoms with Crippen LogP contribution in [0.25, 0.3) is 16.9 Å². The number of halogens is 1. The molecule has 5 nitrogen and oxygen atoms in total. The number of aromatic nitrogens is 3. The van der Waals surface area contributed by atoms with E-state index in [9.17, 15) is 9.18 Å². The summed E-state index contributed by atoms with van der Waals surface area (Å²) >= 11 is 0. The average molecular weight is 286 g/mol. The number of aromatic amines is 1. The van der Waals surface area contributed by atoms with Crippen molar-refractivity contribution in [2.75, 3.05) is 6.54 Å². The van der Waals surface area contributed by atoms with Crippen LogP contribution in [-0.4, -0.2) is 21.1 Å². The fourth-order valence-corrected chi connectivity index (χ4v) is 2.41. The van der Waals surface area contributed by atoms with Gasteiger partial charge in [-0.1, -0.05) is 12.1 Å². The summed E-state index contributed by atoms with van der Waals surface area (Å²) in [4.78, 5) is 16.8. The van der Waals surface area contributed by atoms with Crippen LogP contribution < -0.4 is 11.3 Å². The van der Waals surface area contributed by atoms with E-state index in [0.717, 1.165) is 0 Å². The second-order valence-corrected chi connectivity index (χ2v) is 4.89. The number of hydrogen-bond acceptors (Lipinski definition) is 3. The normalized spacial score (nSPS) is 11.2. The lowest BCUT2D eigenvalue weighted by Gasteiger charge is -2.03. The topological polar surface area (TPSA) is 76.2 Å². The molecular formula is C15H15FN4O. The van der Waals surface area contributed by atoms with Crippen molar-refractivity contribution < 1.29 is 4.39 Å². The molecule has 1 aromatic carbocycles. The second-order valence-electron chi connectivity index (χ2n) is 4.89. The Hall–Kier alpha value is -2.47. The second kappa shape index (κ2) is 5.14. The number of hydrogen-bond donors (Lipinski definition) is 2. The van der Waals surface area contributed by atoms with Crippen molar-refractivity contribution in [3.05, 3.63) is 57.8 Å². The number of benzene rings is 1. The SMILES string of the molecule is Cc1nc2cc(-c3cccc(F)c3)[nH]n2c(=O)c1CCN. The van der Waals surface area contributed by atoms with Crippen molar-refractivity contribution in [3.8, 4) is 11.3 Å². The quantitative estimate of drug-likeness (QED) is 0.768. The number of H-pyrrole nitrogens is 1. The third-order valence-corrected chi connectivity index (χ3v) is 3.44. The molecule has 21 heavy (non-hydrogen) atoms. The van der Waals surface area contributed by atoms with Crippen molar-refractivity contribution in [1.29, 1.82) is 0 Å². The summed E-state index contributed by atoms with van der Waals surface area (Å²) in [5.41, 5.74) is 8.46. The van der Waals surface area contributed by atoms with E-state index in [-0.39, 0.29) is 11.4 Å². The molecule has 0 saturated carbocycles. The summed E-state index contributed by atoms with van der Waals surface area (Å²) < 4.78 is 14.7. The Morgan fingerprint density at radius 1 is 1.38 bits per heavy atom. The molecule has 0 fully saturated rings. The third-order valence-electron chi connectivity index (χ3n) is 3.44. The molecule has 0 aliphatic heterocycles. The largest absolute Gasteiger partial charge is 0.330 e. The molecule has 2 aromatic heterocycles. The molecule has 0 radical (unpaired) electrons. The lowest BCUT2D eigenvalue weighted by atomic mass is 10.1. The zero-order chi connectivity index (χ0) is 15.0. The minimum absolute atomic E-state index is 0.161. The minimum Gasteiger partial charge on any atom is -0.330 e. The van der Waals surface area contributed by atoms with Gasteiger partial charge >= 0.3 is 0 Å². The van der Waals surface area contributed by atoms with E-state index in [1.165, 1.54) is 16.6 Å². The van der Waals surface area contributed by atoms with E-state index in [1.807, 2.05) is 0 Å². The van der Waals surface area contributed by atoms with Crippen molar-refractivity contribution in [2.24, 2.45) is 5.73 Å². The van der Waals surface area contributed by atoms with Crippen LogP contribution in [0.2, 0.25) is 0 Å². The lowest BCUT2D eigenvalue weighted by Crippen LogP contribution is -2.23. The van der Waals surface area contributed by atoms with Gasteiger partial charge in [-0.15, -0.1) is 0 Å². The smallest absolute Gasteiger partial charge is 0.276 e. The number of nitrogens with two attached hydrogens (primary N) is 1. The minimum atomic E-state index is -0.327. The monoisotopic (exact) mass is 286 g/mol. The van der Waals surface area contributed by atoms with Gasteiger partial charge in [0.2, 0.25) is 0 Å². The van der Waals surface area contributed by atoms with Crippen LogP contribution >= 0.6 is 0 Å². The molecule has 6 heteroatoms. The van der Waals surface area contributed by atoms with Crippen LogP contribution in [0.4, 0.5) is 4.39 Å². The zero-order valence-corrected chi connectivity index (χ0v) is 11.6. The van der Waals surface area contributed by atoms with Crippen LogP contribution in [-0.2, 0) is 6.42 Å². The number of rotatable bonds is 3. The molecule has 2 heterocycles. The highest BCUT2D eigenvalue weighted by Gasteiger charge is 2.12. The van der Waals surface area contributed by atoms with E-state index in [0.29, 0.717) is 41.1 Å². The van der Waals surface area contributed by atoms with Gasteiger partial charge in [0.05, 0.1) is 5.69 Å². The maximum absolute atomic E-state index is 13.3. The van der Waals surface area contributed by atoms with Gasteiger partial charge < -0.3 is 5.73 Å². The highest BCUT2D eigenvalue weighted by Crippen LogP contribution is 2.19. The van der Waals surface area contributed by atoms with Crippen molar-refractivity contribution >= 4 is 5.65 Å². The van der Waals surface area contributed by atoms with Gasteiger partial charge in [-0.05, 0) is 32.0 Å². The van der Waals surface area contributed by atoms with Gasteiger partial charge in [-0.3, -0.25) is 9.89 Å². The zero-order valence-electron chi connectivity index (χ0n) is 11.6. The molecule has 0 unspecified atom stereocenters. The average Bonchev–Trinajstić information content (AvgIpc) is 2.87. The molecule has 0 bridgehead atoms. The Labute approximate surface area is 120 Å². The van der Waals surface area contributed by atoms with Crippen LogP contribution in [0, 0.1) is 12.7 Å². The summed E-state index contributed by atoms with van der Waals surface area (Å²) in [5, 5.41) is 2.97. The highest BCUT2D eigenvalue weighted by molar-refractivity contribution is 5.64. The van der Waals surface area contributed by atoms with Gasteiger partial charge in [0.25, 0.3) is 5.56 Å². The van der Waals surface area contributed by atoms with Crippen LogP contribution in [0.1, 0.15) is 11.3 Å². The molecule has 0 atom stereocenters. The highest BCUT2D eigenvalue weighted by atomic mass is 19.1. The first kappa shape index (κ1) is 13.5. The predicted molar refractivity (Wildman–Crippen MR) is 78.7 cm³/mol. The molecule has 3 N–H and O–H groups in total. The molecule has 0 amide bonds. The molecule has 3 aromatic rings. The van der Waals surface area contributed by atoms with Crippen LogP contribution in [0.3, 0.4) is 0 Å². The van der Waals surface area contributed by atoms with E-state index in [2.05, 4.69) is 10.1 Å². The van der Waals surface area contributed by atoms with Gasteiger partial charge in [0.15, 0.2) is 5.65 Å². The molecule has 0 saturated heterocycles. The summed E-state index contributed by atoms with van der Waals surface area (Å²) in [6, 6.07) is 7.91. The molecular weight excluding hydrogens is 271 g/mol. The Morgan fingerprint density at radius 2 is 2.19 bits per heavy atom. The maximum atomic E-state index is 13.3. The van der Waals surface area contributed by atoms with Gasteiger partial charge in [-0.2, -0.15) is 0 Å². The number of nitrogens with one attached hydrogen (secondary N) is 1. The van der Waals surface area contributed by atoms with E-state index in [1.54, 1.807) is 25.1 Å². The fraction of sp³-hybridized carbons (Fsp3) is 0.200. The summed E-state index contributed by atoms with van der Waals surface area (Å²) in [7, 11) is 0.